The van der Waals surface area contributed by atoms with Crippen molar-refractivity contribution in [2.75, 3.05) is 0 Å². The van der Waals surface area contributed by atoms with E-state index in [2.05, 4.69) is 0 Å². The summed E-state index contributed by atoms with van der Waals surface area (Å²) in [6, 6.07) is 9.95. The topological polar surface area (TPSA) is 46.5 Å². The summed E-state index contributed by atoms with van der Waals surface area (Å²) in [5, 5.41) is 8.63. The lowest BCUT2D eigenvalue weighted by atomic mass is 10.1. The zero-order valence-corrected chi connectivity index (χ0v) is 10.5. The van der Waals surface area contributed by atoms with Crippen LogP contribution in [0.4, 0.5) is 8.78 Å². The molecule has 0 aliphatic rings. The zero-order chi connectivity index (χ0) is 14.5. The van der Waals surface area contributed by atoms with Crippen molar-refractivity contribution in [3.05, 3.63) is 65.2 Å². The zero-order valence-electron chi connectivity index (χ0n) is 10.5. The van der Waals surface area contributed by atoms with Gasteiger partial charge in [-0.2, -0.15) is 0 Å². The van der Waals surface area contributed by atoms with Gasteiger partial charge in [-0.3, -0.25) is 4.79 Å². The van der Waals surface area contributed by atoms with Gasteiger partial charge in [0.2, 0.25) is 0 Å². The van der Waals surface area contributed by atoms with E-state index >= 15 is 0 Å². The number of carboxylic acids is 1. The quantitative estimate of drug-likeness (QED) is 0.913. The first kappa shape index (κ1) is 14.0. The fraction of sp³-hybridized carbons (Fsp3) is 0.133. The molecular weight excluding hydrogens is 266 g/mol. The number of carbonyl (C=O) groups is 1. The van der Waals surface area contributed by atoms with Gasteiger partial charge in [0.1, 0.15) is 24.0 Å². The number of hydrogen-bond donors (Lipinski definition) is 1. The minimum atomic E-state index is -0.924. The summed E-state index contributed by atoms with van der Waals surface area (Å²) in [4.78, 5) is 10.5. The minimum Gasteiger partial charge on any atom is -0.489 e. The second-order valence-corrected chi connectivity index (χ2v) is 4.20. The first-order chi connectivity index (χ1) is 9.56. The number of rotatable bonds is 5. The Kier molecular flexibility index (Phi) is 4.30. The Labute approximate surface area is 114 Å². The SMILES string of the molecule is O=C(O)Cc1ccc(OCc2c(F)cccc2F)cc1. The van der Waals surface area contributed by atoms with E-state index in [1.807, 2.05) is 0 Å². The van der Waals surface area contributed by atoms with Gasteiger partial charge in [-0.1, -0.05) is 18.2 Å². The maximum Gasteiger partial charge on any atom is 0.307 e. The second kappa shape index (κ2) is 6.14. The molecule has 0 heterocycles. The summed E-state index contributed by atoms with van der Waals surface area (Å²) < 4.78 is 32.0. The Morgan fingerprint density at radius 3 is 2.20 bits per heavy atom. The van der Waals surface area contributed by atoms with Crippen molar-refractivity contribution in [2.45, 2.75) is 13.0 Å². The van der Waals surface area contributed by atoms with Crippen LogP contribution in [-0.4, -0.2) is 11.1 Å². The standard InChI is InChI=1S/C15H12F2O3/c16-13-2-1-3-14(17)12(13)9-20-11-6-4-10(5-7-11)8-15(18)19/h1-7H,8-9H2,(H,18,19). The molecule has 0 fully saturated rings. The molecule has 3 nitrogen and oxygen atoms in total. The van der Waals surface area contributed by atoms with Crippen molar-refractivity contribution < 1.29 is 23.4 Å². The number of halogens is 2. The average Bonchev–Trinajstić information content (AvgIpc) is 2.39. The van der Waals surface area contributed by atoms with Crippen LogP contribution in [0.3, 0.4) is 0 Å². The predicted molar refractivity (Wildman–Crippen MR) is 68.5 cm³/mol. The van der Waals surface area contributed by atoms with Crippen molar-refractivity contribution in [1.29, 1.82) is 0 Å². The van der Waals surface area contributed by atoms with E-state index in [4.69, 9.17) is 9.84 Å². The number of benzene rings is 2. The predicted octanol–water partition coefficient (Wildman–Crippen LogP) is 3.17. The number of hydrogen-bond acceptors (Lipinski definition) is 2. The highest BCUT2D eigenvalue weighted by atomic mass is 19.1. The Morgan fingerprint density at radius 2 is 1.65 bits per heavy atom. The van der Waals surface area contributed by atoms with E-state index in [1.165, 1.54) is 6.07 Å². The van der Waals surface area contributed by atoms with Crippen molar-refractivity contribution >= 4 is 5.97 Å². The van der Waals surface area contributed by atoms with E-state index in [-0.39, 0.29) is 18.6 Å². The summed E-state index contributed by atoms with van der Waals surface area (Å²) in [6.07, 6.45) is -0.0811. The van der Waals surface area contributed by atoms with Crippen molar-refractivity contribution in [3.63, 3.8) is 0 Å². The van der Waals surface area contributed by atoms with Gasteiger partial charge < -0.3 is 9.84 Å². The van der Waals surface area contributed by atoms with E-state index in [1.54, 1.807) is 24.3 Å². The molecule has 2 rings (SSSR count). The summed E-state index contributed by atoms with van der Waals surface area (Å²) >= 11 is 0. The van der Waals surface area contributed by atoms with Crippen LogP contribution in [0.15, 0.2) is 42.5 Å². The summed E-state index contributed by atoms with van der Waals surface area (Å²) in [6.45, 7) is -0.225. The van der Waals surface area contributed by atoms with Crippen molar-refractivity contribution in [1.82, 2.24) is 0 Å². The molecule has 0 aliphatic heterocycles. The van der Waals surface area contributed by atoms with Crippen LogP contribution < -0.4 is 4.74 Å². The molecule has 0 radical (unpaired) electrons. The highest BCUT2D eigenvalue weighted by Crippen LogP contribution is 2.17. The lowest BCUT2D eigenvalue weighted by Crippen LogP contribution is -2.02. The Balaban J connectivity index is 2.02. The van der Waals surface area contributed by atoms with Gasteiger partial charge in [-0.15, -0.1) is 0 Å². The molecule has 20 heavy (non-hydrogen) atoms. The van der Waals surface area contributed by atoms with Gasteiger partial charge >= 0.3 is 5.97 Å². The van der Waals surface area contributed by atoms with Crippen LogP contribution in [-0.2, 0) is 17.8 Å². The molecule has 0 aliphatic carbocycles. The third-order valence-electron chi connectivity index (χ3n) is 2.72. The van der Waals surface area contributed by atoms with E-state index in [9.17, 15) is 13.6 Å². The molecular formula is C15H12F2O3. The minimum absolute atomic E-state index is 0.0811. The summed E-state index contributed by atoms with van der Waals surface area (Å²) in [5.74, 6) is -1.83. The normalized spacial score (nSPS) is 10.3. The Morgan fingerprint density at radius 1 is 1.05 bits per heavy atom. The molecule has 1 N–H and O–H groups in total. The third-order valence-corrected chi connectivity index (χ3v) is 2.72. The highest BCUT2D eigenvalue weighted by Gasteiger charge is 2.09. The summed E-state index contributed by atoms with van der Waals surface area (Å²) in [7, 11) is 0. The van der Waals surface area contributed by atoms with E-state index in [0.717, 1.165) is 12.1 Å². The lowest BCUT2D eigenvalue weighted by Gasteiger charge is -2.08. The van der Waals surface area contributed by atoms with Crippen molar-refractivity contribution in [3.8, 4) is 5.75 Å². The van der Waals surface area contributed by atoms with E-state index in [0.29, 0.717) is 11.3 Å². The fourth-order valence-corrected chi connectivity index (χ4v) is 1.70. The average molecular weight is 278 g/mol. The third kappa shape index (κ3) is 3.54. The van der Waals surface area contributed by atoms with E-state index < -0.39 is 17.6 Å². The van der Waals surface area contributed by atoms with Crippen LogP contribution in [0.1, 0.15) is 11.1 Å². The Bertz CT molecular complexity index is 589. The smallest absolute Gasteiger partial charge is 0.307 e. The van der Waals surface area contributed by atoms with Crippen LogP contribution in [0.2, 0.25) is 0 Å². The van der Waals surface area contributed by atoms with Crippen molar-refractivity contribution in [2.24, 2.45) is 0 Å². The molecule has 0 atom stereocenters. The molecule has 0 saturated carbocycles. The molecule has 0 aromatic heterocycles. The van der Waals surface area contributed by atoms with Gasteiger partial charge in [0.15, 0.2) is 0 Å². The molecule has 0 unspecified atom stereocenters. The molecule has 0 bridgehead atoms. The molecule has 104 valence electrons. The lowest BCUT2D eigenvalue weighted by molar-refractivity contribution is -0.136. The fourth-order valence-electron chi connectivity index (χ4n) is 1.70. The highest BCUT2D eigenvalue weighted by molar-refractivity contribution is 5.70. The van der Waals surface area contributed by atoms with Gasteiger partial charge in [0.25, 0.3) is 0 Å². The maximum absolute atomic E-state index is 13.4. The Hall–Kier alpha value is -2.43. The maximum atomic E-state index is 13.4. The van der Waals surface area contributed by atoms with Crippen LogP contribution in [0.25, 0.3) is 0 Å². The van der Waals surface area contributed by atoms with Gasteiger partial charge in [0.05, 0.1) is 12.0 Å². The first-order valence-corrected chi connectivity index (χ1v) is 5.92. The molecule has 2 aromatic rings. The second-order valence-electron chi connectivity index (χ2n) is 4.20. The molecule has 5 heteroatoms. The van der Waals surface area contributed by atoms with Gasteiger partial charge in [0, 0.05) is 0 Å². The van der Waals surface area contributed by atoms with Gasteiger partial charge in [-0.05, 0) is 29.8 Å². The first-order valence-electron chi connectivity index (χ1n) is 5.92. The number of carboxylic acid groups (broad SMARTS) is 1. The summed E-state index contributed by atoms with van der Waals surface area (Å²) in [5.41, 5.74) is 0.490. The molecule has 0 saturated heterocycles. The molecule has 0 amide bonds. The monoisotopic (exact) mass is 278 g/mol. The molecule has 2 aromatic carbocycles. The largest absolute Gasteiger partial charge is 0.489 e. The number of aliphatic carboxylic acids is 1. The van der Waals surface area contributed by atoms with Crippen LogP contribution in [0, 0.1) is 11.6 Å². The number of ether oxygens (including phenoxy) is 1. The van der Waals surface area contributed by atoms with Crippen LogP contribution in [0.5, 0.6) is 5.75 Å². The molecule has 0 spiro atoms. The van der Waals surface area contributed by atoms with Gasteiger partial charge in [-0.25, -0.2) is 8.78 Å². The van der Waals surface area contributed by atoms with Crippen LogP contribution >= 0.6 is 0 Å².